The number of hydrogen-bond acceptors (Lipinski definition) is 6. The Labute approximate surface area is 157 Å². The number of tetrazole rings is 1. The van der Waals surface area contributed by atoms with E-state index in [4.69, 9.17) is 4.74 Å². The van der Waals surface area contributed by atoms with Gasteiger partial charge in [-0.1, -0.05) is 42.5 Å². The van der Waals surface area contributed by atoms with Crippen LogP contribution >= 0.6 is 0 Å². The van der Waals surface area contributed by atoms with Gasteiger partial charge in [0.15, 0.2) is 11.6 Å². The van der Waals surface area contributed by atoms with Crippen molar-refractivity contribution in [1.29, 1.82) is 0 Å². The second-order valence-electron chi connectivity index (χ2n) is 6.22. The summed E-state index contributed by atoms with van der Waals surface area (Å²) < 4.78 is 5.72. The molecule has 3 aromatic rings. The summed E-state index contributed by atoms with van der Waals surface area (Å²) in [6.07, 6.45) is 0.0569. The quantitative estimate of drug-likeness (QED) is 0.542. The Morgan fingerprint density at radius 1 is 0.963 bits per heavy atom. The van der Waals surface area contributed by atoms with Gasteiger partial charge in [-0.05, 0) is 35.4 Å². The van der Waals surface area contributed by atoms with E-state index in [0.29, 0.717) is 12.4 Å². The van der Waals surface area contributed by atoms with Crippen LogP contribution in [0, 0.1) is 6.92 Å². The van der Waals surface area contributed by atoms with E-state index in [1.165, 1.54) is 4.80 Å². The number of aryl methyl sites for hydroxylation is 1. The maximum Gasteiger partial charge on any atom is 0.171 e. The highest BCUT2D eigenvalue weighted by Crippen LogP contribution is 2.15. The molecule has 0 aliphatic heterocycles. The third-order valence-electron chi connectivity index (χ3n) is 3.84. The van der Waals surface area contributed by atoms with Crippen molar-refractivity contribution < 1.29 is 14.3 Å². The lowest BCUT2D eigenvalue weighted by molar-refractivity contribution is -0.127. The summed E-state index contributed by atoms with van der Waals surface area (Å²) in [5.41, 5.74) is 1.93. The zero-order valence-electron chi connectivity index (χ0n) is 15.0. The van der Waals surface area contributed by atoms with Crippen LogP contribution in [0.3, 0.4) is 0 Å². The molecule has 7 heteroatoms. The van der Waals surface area contributed by atoms with Gasteiger partial charge in [0.2, 0.25) is 0 Å². The van der Waals surface area contributed by atoms with E-state index in [1.807, 2.05) is 54.6 Å². The van der Waals surface area contributed by atoms with Crippen LogP contribution in [0.15, 0.2) is 54.6 Å². The Kier molecular flexibility index (Phi) is 6.04. The third kappa shape index (κ3) is 5.85. The molecule has 0 saturated heterocycles. The molecule has 0 saturated carbocycles. The molecule has 0 aliphatic rings. The van der Waals surface area contributed by atoms with E-state index in [2.05, 4.69) is 15.4 Å². The van der Waals surface area contributed by atoms with E-state index in [-0.39, 0.29) is 31.0 Å². The number of benzene rings is 2. The van der Waals surface area contributed by atoms with Crippen molar-refractivity contribution >= 4 is 11.6 Å². The fraction of sp³-hybridized carbons (Fsp3) is 0.250. The van der Waals surface area contributed by atoms with Gasteiger partial charge in [0, 0.05) is 6.42 Å². The summed E-state index contributed by atoms with van der Waals surface area (Å²) in [5, 5.41) is 11.4. The SMILES string of the molecule is Cc1nnn(CC(=O)CC(=O)Cc2ccc(OCc3ccccc3)cc2)n1. The molecule has 1 heterocycles. The first-order chi connectivity index (χ1) is 13.1. The highest BCUT2D eigenvalue weighted by molar-refractivity contribution is 5.99. The number of carbonyl (C=O) groups is 2. The van der Waals surface area contributed by atoms with Crippen LogP contribution in [0.1, 0.15) is 23.4 Å². The summed E-state index contributed by atoms with van der Waals surface area (Å²) >= 11 is 0. The van der Waals surface area contributed by atoms with E-state index < -0.39 is 0 Å². The first-order valence-electron chi connectivity index (χ1n) is 8.62. The predicted octanol–water partition coefficient (Wildman–Crippen LogP) is 2.33. The number of Topliss-reactive ketones (excluding diaryl/α,β-unsaturated/α-hetero) is 2. The number of rotatable bonds is 9. The number of aromatic nitrogens is 4. The van der Waals surface area contributed by atoms with Gasteiger partial charge < -0.3 is 4.74 Å². The molecular formula is C20H20N4O3. The molecule has 0 fully saturated rings. The Balaban J connectivity index is 1.45. The van der Waals surface area contributed by atoms with Crippen LogP contribution in [-0.2, 0) is 29.2 Å². The van der Waals surface area contributed by atoms with Gasteiger partial charge in [0.05, 0.1) is 6.42 Å². The fourth-order valence-electron chi connectivity index (χ4n) is 2.56. The van der Waals surface area contributed by atoms with Crippen molar-refractivity contribution in [1.82, 2.24) is 20.2 Å². The second-order valence-corrected chi connectivity index (χ2v) is 6.22. The van der Waals surface area contributed by atoms with Gasteiger partial charge in [-0.2, -0.15) is 4.80 Å². The Morgan fingerprint density at radius 3 is 2.37 bits per heavy atom. The standard InChI is InChI=1S/C20H20N4O3/c1-15-21-23-24(22-15)13-19(26)12-18(25)11-16-7-9-20(10-8-16)27-14-17-5-3-2-4-6-17/h2-10H,11-14H2,1H3. The molecule has 3 rings (SSSR count). The molecule has 0 N–H and O–H groups in total. The van der Waals surface area contributed by atoms with Crippen molar-refractivity contribution in [3.05, 3.63) is 71.5 Å². The monoisotopic (exact) mass is 364 g/mol. The minimum Gasteiger partial charge on any atom is -0.489 e. The Morgan fingerprint density at radius 2 is 1.70 bits per heavy atom. The van der Waals surface area contributed by atoms with Gasteiger partial charge in [0.1, 0.15) is 24.7 Å². The molecule has 0 unspecified atom stereocenters. The molecule has 27 heavy (non-hydrogen) atoms. The molecule has 0 atom stereocenters. The zero-order valence-corrected chi connectivity index (χ0v) is 15.0. The minimum atomic E-state index is -0.236. The molecule has 138 valence electrons. The van der Waals surface area contributed by atoms with Crippen molar-refractivity contribution in [2.24, 2.45) is 0 Å². The molecule has 0 aliphatic carbocycles. The first-order valence-corrected chi connectivity index (χ1v) is 8.62. The van der Waals surface area contributed by atoms with Crippen LogP contribution in [0.5, 0.6) is 5.75 Å². The van der Waals surface area contributed by atoms with Crippen molar-refractivity contribution in [2.75, 3.05) is 0 Å². The van der Waals surface area contributed by atoms with Gasteiger partial charge in [-0.3, -0.25) is 9.59 Å². The summed E-state index contributed by atoms with van der Waals surface area (Å²) in [7, 11) is 0. The van der Waals surface area contributed by atoms with Crippen LogP contribution in [0.25, 0.3) is 0 Å². The predicted molar refractivity (Wildman–Crippen MR) is 98.1 cm³/mol. The Hall–Kier alpha value is -3.35. The van der Waals surface area contributed by atoms with Gasteiger partial charge in [0.25, 0.3) is 0 Å². The molecule has 0 amide bonds. The van der Waals surface area contributed by atoms with E-state index in [1.54, 1.807) is 6.92 Å². The number of hydrogen-bond donors (Lipinski definition) is 0. The molecule has 0 spiro atoms. The van der Waals surface area contributed by atoms with Gasteiger partial charge in [-0.15, -0.1) is 10.2 Å². The average molecular weight is 364 g/mol. The number of ketones is 2. The number of nitrogens with zero attached hydrogens (tertiary/aromatic N) is 4. The highest BCUT2D eigenvalue weighted by Gasteiger charge is 2.12. The average Bonchev–Trinajstić information content (AvgIpc) is 3.06. The Bertz CT molecular complexity index is 904. The maximum absolute atomic E-state index is 12.1. The smallest absolute Gasteiger partial charge is 0.171 e. The second kappa shape index (κ2) is 8.84. The van der Waals surface area contributed by atoms with Gasteiger partial charge >= 0.3 is 0 Å². The molecule has 2 aromatic carbocycles. The normalized spacial score (nSPS) is 10.6. The maximum atomic E-state index is 12.1. The van der Waals surface area contributed by atoms with Crippen LogP contribution in [-0.4, -0.2) is 31.8 Å². The topological polar surface area (TPSA) is 87.0 Å². The van der Waals surface area contributed by atoms with Crippen LogP contribution in [0.4, 0.5) is 0 Å². The molecule has 0 radical (unpaired) electrons. The van der Waals surface area contributed by atoms with E-state index >= 15 is 0 Å². The molecule has 0 bridgehead atoms. The van der Waals surface area contributed by atoms with Crippen molar-refractivity contribution in [3.63, 3.8) is 0 Å². The minimum absolute atomic E-state index is 0.0428. The zero-order chi connectivity index (χ0) is 19.1. The number of carbonyl (C=O) groups excluding carboxylic acids is 2. The fourth-order valence-corrected chi connectivity index (χ4v) is 2.56. The van der Waals surface area contributed by atoms with Crippen molar-refractivity contribution in [3.8, 4) is 5.75 Å². The first kappa shape index (κ1) is 18.4. The lowest BCUT2D eigenvalue weighted by atomic mass is 10.1. The van der Waals surface area contributed by atoms with Crippen LogP contribution in [0.2, 0.25) is 0 Å². The van der Waals surface area contributed by atoms with Crippen molar-refractivity contribution in [2.45, 2.75) is 32.9 Å². The third-order valence-corrected chi connectivity index (χ3v) is 3.84. The summed E-state index contributed by atoms with van der Waals surface area (Å²) in [6, 6.07) is 17.2. The molecular weight excluding hydrogens is 344 g/mol. The number of ether oxygens (including phenoxy) is 1. The van der Waals surface area contributed by atoms with Crippen LogP contribution < -0.4 is 4.74 Å². The lowest BCUT2D eigenvalue weighted by Gasteiger charge is -2.07. The molecule has 7 nitrogen and oxygen atoms in total. The highest BCUT2D eigenvalue weighted by atomic mass is 16.5. The van der Waals surface area contributed by atoms with Gasteiger partial charge in [-0.25, -0.2) is 0 Å². The summed E-state index contributed by atoms with van der Waals surface area (Å²) in [4.78, 5) is 25.2. The van der Waals surface area contributed by atoms with E-state index in [9.17, 15) is 9.59 Å². The molecule has 1 aromatic heterocycles. The summed E-state index contributed by atoms with van der Waals surface area (Å²) in [5.74, 6) is 0.845. The summed E-state index contributed by atoms with van der Waals surface area (Å²) in [6.45, 7) is 2.13. The van der Waals surface area contributed by atoms with E-state index in [0.717, 1.165) is 16.9 Å². The lowest BCUT2D eigenvalue weighted by Crippen LogP contribution is -2.17. The largest absolute Gasteiger partial charge is 0.489 e.